The van der Waals surface area contributed by atoms with Gasteiger partial charge in [0.15, 0.2) is 5.16 Å². The van der Waals surface area contributed by atoms with E-state index in [-0.39, 0.29) is 0 Å². The Morgan fingerprint density at radius 2 is 2.21 bits per heavy atom. The summed E-state index contributed by atoms with van der Waals surface area (Å²) < 4.78 is 12.1. The predicted molar refractivity (Wildman–Crippen MR) is 73.0 cm³/mol. The number of hydrogen-bond acceptors (Lipinski definition) is 7. The van der Waals surface area contributed by atoms with Gasteiger partial charge in [-0.1, -0.05) is 11.8 Å². The Balaban J connectivity index is 2.33. The number of thioether (sulfide) groups is 1. The van der Waals surface area contributed by atoms with Crippen molar-refractivity contribution >= 4 is 11.8 Å². The molecule has 1 rings (SSSR count). The molecule has 0 saturated heterocycles. The summed E-state index contributed by atoms with van der Waals surface area (Å²) in [6, 6.07) is 0. The summed E-state index contributed by atoms with van der Waals surface area (Å²) in [4.78, 5) is 0. The lowest BCUT2D eigenvalue weighted by Gasteiger charge is -2.11. The Kier molecular flexibility index (Phi) is 7.99. The highest BCUT2D eigenvalue weighted by Crippen LogP contribution is 2.17. The fourth-order valence-corrected chi connectivity index (χ4v) is 2.40. The predicted octanol–water partition coefficient (Wildman–Crippen LogP) is -0.127. The van der Waals surface area contributed by atoms with Crippen LogP contribution in [0.25, 0.3) is 0 Å². The molecule has 1 heterocycles. The molecule has 0 amide bonds. The third kappa shape index (κ3) is 5.45. The molecule has 1 aromatic rings. The first-order valence-corrected chi connectivity index (χ1v) is 7.21. The number of methoxy groups -OCH3 is 1. The van der Waals surface area contributed by atoms with Crippen molar-refractivity contribution < 1.29 is 14.6 Å². The molecule has 0 aliphatic rings. The van der Waals surface area contributed by atoms with Crippen molar-refractivity contribution in [2.45, 2.75) is 31.3 Å². The van der Waals surface area contributed by atoms with Gasteiger partial charge in [0.05, 0.1) is 32.5 Å². The number of hydrogen-bond donors (Lipinski definition) is 2. The van der Waals surface area contributed by atoms with Gasteiger partial charge < -0.3 is 24.9 Å². The second-order valence-corrected chi connectivity index (χ2v) is 4.87. The highest BCUT2D eigenvalue weighted by Gasteiger charge is 2.12. The van der Waals surface area contributed by atoms with E-state index >= 15 is 0 Å². The normalized spacial score (nSPS) is 12.8. The molecule has 0 aliphatic heterocycles. The molecule has 0 spiro atoms. The second kappa shape index (κ2) is 9.27. The van der Waals surface area contributed by atoms with Crippen molar-refractivity contribution in [2.24, 2.45) is 5.73 Å². The average Bonchev–Trinajstić information content (AvgIpc) is 2.83. The smallest absolute Gasteiger partial charge is 0.191 e. The zero-order chi connectivity index (χ0) is 14.1. The second-order valence-electron chi connectivity index (χ2n) is 3.88. The molecule has 0 radical (unpaired) electrons. The van der Waals surface area contributed by atoms with Crippen LogP contribution in [0.5, 0.6) is 0 Å². The van der Waals surface area contributed by atoms with Crippen LogP contribution in [-0.2, 0) is 22.6 Å². The van der Waals surface area contributed by atoms with E-state index in [0.29, 0.717) is 32.1 Å². The monoisotopic (exact) mass is 290 g/mol. The fraction of sp³-hybridized carbons (Fsp3) is 0.818. The number of ether oxygens (including phenoxy) is 2. The van der Waals surface area contributed by atoms with Gasteiger partial charge in [0.25, 0.3) is 0 Å². The molecule has 0 saturated carbocycles. The van der Waals surface area contributed by atoms with Crippen LogP contribution in [0.2, 0.25) is 0 Å². The molecule has 0 aliphatic carbocycles. The Morgan fingerprint density at radius 3 is 2.84 bits per heavy atom. The highest BCUT2D eigenvalue weighted by atomic mass is 32.2. The SMILES string of the molecule is CCn1c(CN)nnc1SCC(O)COCCOC. The largest absolute Gasteiger partial charge is 0.390 e. The minimum Gasteiger partial charge on any atom is -0.390 e. The highest BCUT2D eigenvalue weighted by molar-refractivity contribution is 7.99. The summed E-state index contributed by atoms with van der Waals surface area (Å²) in [6.45, 7) is 4.45. The Morgan fingerprint density at radius 1 is 1.42 bits per heavy atom. The molecule has 1 unspecified atom stereocenters. The number of nitrogens with two attached hydrogens (primary N) is 1. The van der Waals surface area contributed by atoms with E-state index in [1.54, 1.807) is 7.11 Å². The van der Waals surface area contributed by atoms with Gasteiger partial charge in [-0.25, -0.2) is 0 Å². The minimum atomic E-state index is -0.537. The van der Waals surface area contributed by atoms with E-state index in [4.69, 9.17) is 15.2 Å². The van der Waals surface area contributed by atoms with Gasteiger partial charge in [-0.05, 0) is 6.92 Å². The molecule has 0 aromatic carbocycles. The van der Waals surface area contributed by atoms with E-state index in [1.807, 2.05) is 11.5 Å². The van der Waals surface area contributed by atoms with Crippen LogP contribution >= 0.6 is 11.8 Å². The van der Waals surface area contributed by atoms with Gasteiger partial charge in [0.2, 0.25) is 0 Å². The average molecular weight is 290 g/mol. The van der Waals surface area contributed by atoms with Crippen molar-refractivity contribution in [1.82, 2.24) is 14.8 Å². The Hall–Kier alpha value is -0.670. The van der Waals surface area contributed by atoms with Crippen LogP contribution in [-0.4, -0.2) is 58.7 Å². The lowest BCUT2D eigenvalue weighted by molar-refractivity contribution is 0.0218. The maximum Gasteiger partial charge on any atom is 0.191 e. The number of aliphatic hydroxyl groups excluding tert-OH is 1. The van der Waals surface area contributed by atoms with Crippen LogP contribution in [0.1, 0.15) is 12.7 Å². The zero-order valence-corrected chi connectivity index (χ0v) is 12.2. The third-order valence-corrected chi connectivity index (χ3v) is 3.55. The van der Waals surface area contributed by atoms with E-state index in [2.05, 4.69) is 10.2 Å². The summed E-state index contributed by atoms with van der Waals surface area (Å²) >= 11 is 1.45. The number of rotatable bonds is 10. The van der Waals surface area contributed by atoms with Crippen molar-refractivity contribution in [2.75, 3.05) is 32.7 Å². The van der Waals surface area contributed by atoms with Gasteiger partial charge in [0.1, 0.15) is 5.82 Å². The molecule has 0 bridgehead atoms. The quantitative estimate of drug-likeness (QED) is 0.458. The Labute approximate surface area is 117 Å². The standard InChI is InChI=1S/C11H22N4O3S/c1-3-15-10(6-12)13-14-11(15)19-8-9(16)7-18-5-4-17-2/h9,16H,3-8,12H2,1-2H3. The number of aliphatic hydroxyl groups is 1. The van der Waals surface area contributed by atoms with Gasteiger partial charge in [-0.3, -0.25) is 0 Å². The molecule has 1 atom stereocenters. The summed E-state index contributed by atoms with van der Waals surface area (Å²) in [5.41, 5.74) is 5.58. The van der Waals surface area contributed by atoms with Crippen molar-refractivity contribution in [3.05, 3.63) is 5.82 Å². The first-order valence-electron chi connectivity index (χ1n) is 6.22. The van der Waals surface area contributed by atoms with Crippen LogP contribution < -0.4 is 5.73 Å². The maximum absolute atomic E-state index is 9.77. The van der Waals surface area contributed by atoms with Gasteiger partial charge in [-0.2, -0.15) is 0 Å². The summed E-state index contributed by atoms with van der Waals surface area (Å²) in [5, 5.41) is 18.6. The first-order chi connectivity index (χ1) is 9.22. The van der Waals surface area contributed by atoms with Crippen molar-refractivity contribution in [1.29, 1.82) is 0 Å². The van der Waals surface area contributed by atoms with Gasteiger partial charge in [-0.15, -0.1) is 10.2 Å². The molecule has 19 heavy (non-hydrogen) atoms. The minimum absolute atomic E-state index is 0.292. The van der Waals surface area contributed by atoms with Crippen LogP contribution in [0.3, 0.4) is 0 Å². The van der Waals surface area contributed by atoms with Gasteiger partial charge >= 0.3 is 0 Å². The summed E-state index contributed by atoms with van der Waals surface area (Å²) in [6.07, 6.45) is -0.537. The van der Waals surface area contributed by atoms with E-state index in [0.717, 1.165) is 17.5 Å². The Bertz CT molecular complexity index is 362. The lowest BCUT2D eigenvalue weighted by Crippen LogP contribution is -2.20. The molecule has 7 nitrogen and oxygen atoms in total. The summed E-state index contributed by atoms with van der Waals surface area (Å²) in [5.74, 6) is 1.27. The molecule has 8 heteroatoms. The zero-order valence-electron chi connectivity index (χ0n) is 11.4. The van der Waals surface area contributed by atoms with E-state index in [9.17, 15) is 5.11 Å². The topological polar surface area (TPSA) is 95.4 Å². The molecular formula is C11H22N4O3S. The van der Waals surface area contributed by atoms with Gasteiger partial charge in [0, 0.05) is 19.4 Å². The molecular weight excluding hydrogens is 268 g/mol. The fourth-order valence-electron chi connectivity index (χ4n) is 1.47. The molecule has 0 fully saturated rings. The number of aromatic nitrogens is 3. The van der Waals surface area contributed by atoms with E-state index in [1.165, 1.54) is 11.8 Å². The first kappa shape index (κ1) is 16.4. The van der Waals surface area contributed by atoms with Crippen molar-refractivity contribution in [3.8, 4) is 0 Å². The lowest BCUT2D eigenvalue weighted by atomic mass is 10.4. The molecule has 110 valence electrons. The molecule has 3 N–H and O–H groups in total. The maximum atomic E-state index is 9.77. The van der Waals surface area contributed by atoms with Crippen LogP contribution in [0.15, 0.2) is 5.16 Å². The van der Waals surface area contributed by atoms with Crippen LogP contribution in [0, 0.1) is 0 Å². The van der Waals surface area contributed by atoms with E-state index < -0.39 is 6.10 Å². The van der Waals surface area contributed by atoms with Crippen molar-refractivity contribution in [3.63, 3.8) is 0 Å². The number of nitrogens with zero attached hydrogens (tertiary/aromatic N) is 3. The van der Waals surface area contributed by atoms with Crippen LogP contribution in [0.4, 0.5) is 0 Å². The summed E-state index contributed by atoms with van der Waals surface area (Å²) in [7, 11) is 1.61. The third-order valence-electron chi connectivity index (χ3n) is 2.44. The molecule has 1 aromatic heterocycles.